The lowest BCUT2D eigenvalue weighted by atomic mass is 10.2. The van der Waals surface area contributed by atoms with E-state index >= 15 is 0 Å². The van der Waals surface area contributed by atoms with Gasteiger partial charge in [0.05, 0.1) is 6.04 Å². The van der Waals surface area contributed by atoms with Crippen molar-refractivity contribution in [1.82, 2.24) is 5.32 Å². The maximum absolute atomic E-state index is 11.9. The van der Waals surface area contributed by atoms with Gasteiger partial charge in [-0.05, 0) is 32.0 Å². The van der Waals surface area contributed by atoms with Gasteiger partial charge in [-0.15, -0.1) is 0 Å². The van der Waals surface area contributed by atoms with Crippen LogP contribution >= 0.6 is 0 Å². The third kappa shape index (κ3) is 2.67. The Hall–Kier alpha value is -2.50. The van der Waals surface area contributed by atoms with E-state index in [1.807, 2.05) is 25.1 Å². The largest absolute Gasteiger partial charge is 0.451 e. The Labute approximate surface area is 109 Å². The number of hydrogen-bond acceptors (Lipinski definition) is 4. The molecule has 6 nitrogen and oxygen atoms in total. The number of nitrogens with one attached hydrogen (secondary N) is 1. The molecule has 0 aliphatic rings. The molecule has 100 valence electrons. The molecule has 0 spiro atoms. The summed E-state index contributed by atoms with van der Waals surface area (Å²) in [5, 5.41) is 14.8. The molecule has 0 bridgehead atoms. The fraction of sp³-hybridized carbons (Fsp3) is 0.231. The third-order valence-corrected chi connectivity index (χ3v) is 2.80. The van der Waals surface area contributed by atoms with E-state index in [-0.39, 0.29) is 11.6 Å². The van der Waals surface area contributed by atoms with E-state index in [1.54, 1.807) is 13.0 Å². The Balaban J connectivity index is 2.22. The van der Waals surface area contributed by atoms with Gasteiger partial charge in [0.25, 0.3) is 5.91 Å². The summed E-state index contributed by atoms with van der Waals surface area (Å²) in [5.74, 6) is -0.286. The van der Waals surface area contributed by atoms with Crippen LogP contribution in [0, 0.1) is 6.92 Å². The molecule has 6 heteroatoms. The van der Waals surface area contributed by atoms with E-state index in [9.17, 15) is 4.79 Å². The van der Waals surface area contributed by atoms with Crippen LogP contribution in [0.5, 0.6) is 0 Å². The third-order valence-electron chi connectivity index (χ3n) is 2.80. The molecule has 2 rings (SSSR count). The predicted octanol–water partition coefficient (Wildman–Crippen LogP) is 1.61. The summed E-state index contributed by atoms with van der Waals surface area (Å²) < 4.78 is 5.44. The van der Waals surface area contributed by atoms with Crippen LogP contribution in [0.15, 0.2) is 33.8 Å². The topological polar surface area (TPSA) is 101 Å². The van der Waals surface area contributed by atoms with Crippen molar-refractivity contribution < 1.29 is 14.4 Å². The average molecular weight is 261 g/mol. The summed E-state index contributed by atoms with van der Waals surface area (Å²) in [7, 11) is 0. The molecular formula is C13H15N3O3. The average Bonchev–Trinajstić information content (AvgIpc) is 2.80. The van der Waals surface area contributed by atoms with Crippen LogP contribution in [0.1, 0.15) is 23.0 Å². The van der Waals surface area contributed by atoms with E-state index in [2.05, 4.69) is 10.5 Å². The lowest BCUT2D eigenvalue weighted by molar-refractivity contribution is 0.0923. The Morgan fingerprint density at radius 3 is 2.89 bits per heavy atom. The number of nitrogens with zero attached hydrogens (tertiary/aromatic N) is 1. The Kier molecular flexibility index (Phi) is 3.41. The first-order valence-corrected chi connectivity index (χ1v) is 5.79. The fourth-order valence-electron chi connectivity index (χ4n) is 1.70. The Morgan fingerprint density at radius 1 is 1.47 bits per heavy atom. The smallest absolute Gasteiger partial charge is 0.287 e. The highest BCUT2D eigenvalue weighted by Crippen LogP contribution is 2.20. The van der Waals surface area contributed by atoms with E-state index in [4.69, 9.17) is 15.4 Å². The van der Waals surface area contributed by atoms with Gasteiger partial charge < -0.3 is 20.7 Å². The number of nitrogens with two attached hydrogens (primary N) is 1. The molecule has 19 heavy (non-hydrogen) atoms. The van der Waals surface area contributed by atoms with Crippen molar-refractivity contribution in [3.05, 3.63) is 35.6 Å². The lowest BCUT2D eigenvalue weighted by Crippen LogP contribution is -2.42. The molecule has 1 atom stereocenters. The highest BCUT2D eigenvalue weighted by molar-refractivity contribution is 5.99. The van der Waals surface area contributed by atoms with E-state index in [0.29, 0.717) is 5.58 Å². The first kappa shape index (κ1) is 12.9. The minimum atomic E-state index is -0.576. The quantitative estimate of drug-likeness (QED) is 0.338. The zero-order valence-electron chi connectivity index (χ0n) is 10.7. The first-order chi connectivity index (χ1) is 9.01. The number of hydrogen-bond donors (Lipinski definition) is 3. The Morgan fingerprint density at radius 2 is 2.21 bits per heavy atom. The van der Waals surface area contributed by atoms with Gasteiger partial charge in [0.2, 0.25) is 0 Å². The van der Waals surface area contributed by atoms with Crippen LogP contribution in [0.4, 0.5) is 0 Å². The molecule has 4 N–H and O–H groups in total. The van der Waals surface area contributed by atoms with Gasteiger partial charge in [0.15, 0.2) is 11.6 Å². The molecule has 0 fully saturated rings. The number of amides is 1. The summed E-state index contributed by atoms with van der Waals surface area (Å²) in [6.45, 7) is 3.58. The minimum Gasteiger partial charge on any atom is -0.451 e. The van der Waals surface area contributed by atoms with Gasteiger partial charge in [-0.1, -0.05) is 16.8 Å². The second-order valence-electron chi connectivity index (χ2n) is 4.37. The van der Waals surface area contributed by atoms with Gasteiger partial charge >= 0.3 is 0 Å². The van der Waals surface area contributed by atoms with Gasteiger partial charge in [-0.2, -0.15) is 0 Å². The van der Waals surface area contributed by atoms with Gasteiger partial charge in [-0.25, -0.2) is 0 Å². The summed E-state index contributed by atoms with van der Waals surface area (Å²) >= 11 is 0. The molecule has 0 saturated carbocycles. The monoisotopic (exact) mass is 261 g/mol. The van der Waals surface area contributed by atoms with Crippen LogP contribution in [0.2, 0.25) is 0 Å². The van der Waals surface area contributed by atoms with Crippen LogP contribution in [-0.4, -0.2) is 23.0 Å². The predicted molar refractivity (Wildman–Crippen MR) is 71.3 cm³/mol. The summed E-state index contributed by atoms with van der Waals surface area (Å²) in [5.41, 5.74) is 7.13. The highest BCUT2D eigenvalue weighted by atomic mass is 16.4. The molecule has 1 amide bonds. The maximum atomic E-state index is 11.9. The molecule has 0 aliphatic carbocycles. The standard InChI is InChI=1S/C13H15N3O3/c1-7-3-4-10-9(5-7)6-11(19-10)13(17)15-8(2)12(14)16-18/h3-6,8,18H,1-2H3,(H2,14,16)(H,15,17). The van der Waals surface area contributed by atoms with E-state index in [0.717, 1.165) is 10.9 Å². The number of fused-ring (bicyclic) bond motifs is 1. The minimum absolute atomic E-state index is 0.0692. The molecule has 0 aliphatic heterocycles. The number of furan rings is 1. The van der Waals surface area contributed by atoms with Crippen molar-refractivity contribution in [3.8, 4) is 0 Å². The second kappa shape index (κ2) is 5.01. The zero-order valence-corrected chi connectivity index (χ0v) is 10.7. The van der Waals surface area contributed by atoms with Crippen molar-refractivity contribution in [1.29, 1.82) is 0 Å². The van der Waals surface area contributed by atoms with Crippen LogP contribution in [0.25, 0.3) is 11.0 Å². The zero-order chi connectivity index (χ0) is 14.0. The normalized spacial score (nSPS) is 13.5. The molecular weight excluding hydrogens is 246 g/mol. The van der Waals surface area contributed by atoms with Gasteiger partial charge in [0.1, 0.15) is 5.58 Å². The molecule has 0 radical (unpaired) electrons. The van der Waals surface area contributed by atoms with Crippen LogP contribution < -0.4 is 11.1 Å². The summed E-state index contributed by atoms with van der Waals surface area (Å²) in [6, 6.07) is 6.74. The summed E-state index contributed by atoms with van der Waals surface area (Å²) in [4.78, 5) is 11.9. The number of carbonyl (C=O) groups excluding carboxylic acids is 1. The lowest BCUT2D eigenvalue weighted by Gasteiger charge is -2.10. The van der Waals surface area contributed by atoms with Crippen LogP contribution in [-0.2, 0) is 0 Å². The number of rotatable bonds is 3. The molecule has 2 aromatic rings. The summed E-state index contributed by atoms with van der Waals surface area (Å²) in [6.07, 6.45) is 0. The molecule has 1 unspecified atom stereocenters. The van der Waals surface area contributed by atoms with Crippen molar-refractivity contribution in [2.45, 2.75) is 19.9 Å². The molecule has 1 heterocycles. The van der Waals surface area contributed by atoms with Crippen molar-refractivity contribution in [2.75, 3.05) is 0 Å². The van der Waals surface area contributed by atoms with Crippen molar-refractivity contribution in [2.24, 2.45) is 10.9 Å². The molecule has 0 saturated heterocycles. The Bertz CT molecular complexity index is 646. The SMILES string of the molecule is Cc1ccc2oc(C(=O)NC(C)/C(N)=N/O)cc2c1. The number of aryl methyl sites for hydroxylation is 1. The van der Waals surface area contributed by atoms with Crippen LogP contribution in [0.3, 0.4) is 0 Å². The number of carbonyl (C=O) groups is 1. The van der Waals surface area contributed by atoms with E-state index in [1.165, 1.54) is 0 Å². The van der Waals surface area contributed by atoms with E-state index < -0.39 is 11.9 Å². The second-order valence-corrected chi connectivity index (χ2v) is 4.37. The maximum Gasteiger partial charge on any atom is 0.287 e. The first-order valence-electron chi connectivity index (χ1n) is 5.79. The molecule has 1 aromatic carbocycles. The van der Waals surface area contributed by atoms with Gasteiger partial charge in [0, 0.05) is 5.39 Å². The fourth-order valence-corrected chi connectivity index (χ4v) is 1.70. The van der Waals surface area contributed by atoms with Crippen molar-refractivity contribution in [3.63, 3.8) is 0 Å². The van der Waals surface area contributed by atoms with Crippen molar-refractivity contribution >= 4 is 22.7 Å². The number of benzene rings is 1. The number of oxime groups is 1. The highest BCUT2D eigenvalue weighted by Gasteiger charge is 2.16. The van der Waals surface area contributed by atoms with Gasteiger partial charge in [-0.3, -0.25) is 4.79 Å². The molecule has 1 aromatic heterocycles. The number of amidine groups is 1.